The number of ether oxygens (including phenoxy) is 2. The van der Waals surface area contributed by atoms with E-state index >= 15 is 0 Å². The van der Waals surface area contributed by atoms with E-state index in [1.807, 2.05) is 20.8 Å². The van der Waals surface area contributed by atoms with Crippen LogP contribution < -0.4 is 0 Å². The number of methoxy groups -OCH3 is 1. The van der Waals surface area contributed by atoms with E-state index < -0.39 is 0 Å². The van der Waals surface area contributed by atoms with Crippen LogP contribution >= 0.6 is 0 Å². The Morgan fingerprint density at radius 1 is 1.38 bits per heavy atom. The SMILES string of the molecule is CC.COCCN(C)Cc1nc(C)ccc1C1CCOC1. The second-order valence-corrected chi connectivity index (χ2v) is 5.28. The highest BCUT2D eigenvalue weighted by atomic mass is 16.5. The van der Waals surface area contributed by atoms with Gasteiger partial charge in [-0.15, -0.1) is 0 Å². The van der Waals surface area contributed by atoms with Crippen molar-refractivity contribution in [3.8, 4) is 0 Å². The topological polar surface area (TPSA) is 34.6 Å². The fraction of sp³-hybridized carbons (Fsp3) is 0.706. The molecule has 1 aliphatic rings. The van der Waals surface area contributed by atoms with Gasteiger partial charge >= 0.3 is 0 Å². The molecule has 1 aromatic heterocycles. The smallest absolute Gasteiger partial charge is 0.0589 e. The summed E-state index contributed by atoms with van der Waals surface area (Å²) in [6.45, 7) is 10.3. The highest BCUT2D eigenvalue weighted by molar-refractivity contribution is 5.27. The summed E-state index contributed by atoms with van der Waals surface area (Å²) < 4.78 is 10.6. The summed E-state index contributed by atoms with van der Waals surface area (Å²) in [6, 6.07) is 4.33. The van der Waals surface area contributed by atoms with Gasteiger partial charge in [-0.25, -0.2) is 0 Å². The number of pyridine rings is 1. The molecule has 0 amide bonds. The van der Waals surface area contributed by atoms with Crippen molar-refractivity contribution in [3.05, 3.63) is 29.1 Å². The fourth-order valence-corrected chi connectivity index (χ4v) is 2.48. The molecular formula is C17H30N2O2. The standard InChI is InChI=1S/C15H24N2O2.C2H6/c1-12-4-5-14(13-6-8-19-11-13)15(16-12)10-17(2)7-9-18-3;1-2/h4-5,13H,6-11H2,1-3H3;1-2H3. The molecule has 1 aliphatic heterocycles. The van der Waals surface area contributed by atoms with Gasteiger partial charge < -0.3 is 9.47 Å². The number of likely N-dealkylation sites (N-methyl/N-ethyl adjacent to an activating group) is 1. The second kappa shape index (κ2) is 9.87. The van der Waals surface area contributed by atoms with Crippen LogP contribution in [0, 0.1) is 6.92 Å². The zero-order chi connectivity index (χ0) is 15.7. The monoisotopic (exact) mass is 294 g/mol. The minimum atomic E-state index is 0.513. The maximum atomic E-state index is 5.51. The summed E-state index contributed by atoms with van der Waals surface area (Å²) in [5.74, 6) is 0.513. The molecule has 2 heterocycles. The van der Waals surface area contributed by atoms with Gasteiger partial charge in [0.2, 0.25) is 0 Å². The Hall–Kier alpha value is -0.970. The maximum Gasteiger partial charge on any atom is 0.0589 e. The van der Waals surface area contributed by atoms with Gasteiger partial charge in [0.25, 0.3) is 0 Å². The van der Waals surface area contributed by atoms with Crippen LogP contribution in [0.1, 0.15) is 43.1 Å². The van der Waals surface area contributed by atoms with E-state index in [-0.39, 0.29) is 0 Å². The second-order valence-electron chi connectivity index (χ2n) is 5.28. The summed E-state index contributed by atoms with van der Waals surface area (Å²) in [6.07, 6.45) is 1.11. The lowest BCUT2D eigenvalue weighted by molar-refractivity contribution is 0.157. The van der Waals surface area contributed by atoms with E-state index in [2.05, 4.69) is 24.1 Å². The molecule has 1 unspecified atom stereocenters. The Labute approximate surface area is 129 Å². The lowest BCUT2D eigenvalue weighted by atomic mass is 9.96. The predicted molar refractivity (Wildman–Crippen MR) is 86.7 cm³/mol. The molecule has 1 saturated heterocycles. The molecule has 2 rings (SSSR count). The Morgan fingerprint density at radius 2 is 2.14 bits per heavy atom. The summed E-state index contributed by atoms with van der Waals surface area (Å²) in [4.78, 5) is 6.98. The number of aryl methyl sites for hydroxylation is 1. The Balaban J connectivity index is 0.00000106. The number of hydrogen-bond acceptors (Lipinski definition) is 4. The Morgan fingerprint density at radius 3 is 2.76 bits per heavy atom. The van der Waals surface area contributed by atoms with Gasteiger partial charge in [-0.05, 0) is 32.0 Å². The quantitative estimate of drug-likeness (QED) is 0.808. The molecule has 0 N–H and O–H groups in total. The zero-order valence-electron chi connectivity index (χ0n) is 14.2. The van der Waals surface area contributed by atoms with Crippen molar-refractivity contribution in [2.45, 2.75) is 39.7 Å². The van der Waals surface area contributed by atoms with Crippen molar-refractivity contribution in [2.75, 3.05) is 40.5 Å². The molecule has 0 aliphatic carbocycles. The summed E-state index contributed by atoms with van der Waals surface area (Å²) >= 11 is 0. The minimum Gasteiger partial charge on any atom is -0.383 e. The van der Waals surface area contributed by atoms with Crippen molar-refractivity contribution in [3.63, 3.8) is 0 Å². The van der Waals surface area contributed by atoms with Crippen LogP contribution in [0.4, 0.5) is 0 Å². The summed E-state index contributed by atoms with van der Waals surface area (Å²) in [5.41, 5.74) is 3.62. The summed E-state index contributed by atoms with van der Waals surface area (Å²) in [5, 5.41) is 0. The third-order valence-electron chi connectivity index (χ3n) is 3.61. The summed E-state index contributed by atoms with van der Waals surface area (Å²) in [7, 11) is 3.85. The molecule has 0 radical (unpaired) electrons. The predicted octanol–water partition coefficient (Wildman–Crippen LogP) is 3.00. The molecule has 0 spiro atoms. The molecule has 0 saturated carbocycles. The number of aromatic nitrogens is 1. The van der Waals surface area contributed by atoms with Crippen LogP contribution in [-0.4, -0.2) is 50.4 Å². The minimum absolute atomic E-state index is 0.513. The highest BCUT2D eigenvalue weighted by Crippen LogP contribution is 2.27. The van der Waals surface area contributed by atoms with Gasteiger partial charge in [0.15, 0.2) is 0 Å². The van der Waals surface area contributed by atoms with E-state index in [9.17, 15) is 0 Å². The lowest BCUT2D eigenvalue weighted by Gasteiger charge is -2.20. The molecule has 21 heavy (non-hydrogen) atoms. The van der Waals surface area contributed by atoms with Gasteiger partial charge in [-0.3, -0.25) is 9.88 Å². The first kappa shape index (κ1) is 18.1. The molecule has 120 valence electrons. The van der Waals surface area contributed by atoms with Crippen LogP contribution in [0.2, 0.25) is 0 Å². The Bertz CT molecular complexity index is 404. The molecule has 1 atom stereocenters. The van der Waals surface area contributed by atoms with E-state index in [4.69, 9.17) is 14.5 Å². The largest absolute Gasteiger partial charge is 0.383 e. The molecule has 4 nitrogen and oxygen atoms in total. The first-order valence-corrected chi connectivity index (χ1v) is 7.92. The first-order valence-electron chi connectivity index (χ1n) is 7.92. The normalized spacial score (nSPS) is 17.7. The molecule has 0 bridgehead atoms. The average molecular weight is 294 g/mol. The van der Waals surface area contributed by atoms with E-state index in [0.717, 1.165) is 45.0 Å². The van der Waals surface area contributed by atoms with Crippen LogP contribution in [0.15, 0.2) is 12.1 Å². The van der Waals surface area contributed by atoms with Crippen LogP contribution in [0.25, 0.3) is 0 Å². The molecule has 1 fully saturated rings. The lowest BCUT2D eigenvalue weighted by Crippen LogP contribution is -2.24. The third kappa shape index (κ3) is 5.73. The number of nitrogens with zero attached hydrogens (tertiary/aromatic N) is 2. The van der Waals surface area contributed by atoms with Gasteiger partial charge in [0, 0.05) is 38.4 Å². The van der Waals surface area contributed by atoms with Crippen molar-refractivity contribution < 1.29 is 9.47 Å². The van der Waals surface area contributed by atoms with E-state index in [0.29, 0.717) is 5.92 Å². The molecular weight excluding hydrogens is 264 g/mol. The maximum absolute atomic E-state index is 5.51. The van der Waals surface area contributed by atoms with Crippen molar-refractivity contribution in [1.29, 1.82) is 0 Å². The Kier molecular flexibility index (Phi) is 8.50. The van der Waals surface area contributed by atoms with Crippen molar-refractivity contribution in [2.24, 2.45) is 0 Å². The van der Waals surface area contributed by atoms with Gasteiger partial charge in [-0.2, -0.15) is 0 Å². The fourth-order valence-electron chi connectivity index (χ4n) is 2.48. The number of hydrogen-bond donors (Lipinski definition) is 0. The molecule has 4 heteroatoms. The van der Waals surface area contributed by atoms with E-state index in [1.165, 1.54) is 11.3 Å². The van der Waals surface area contributed by atoms with Crippen LogP contribution in [-0.2, 0) is 16.0 Å². The van der Waals surface area contributed by atoms with Crippen LogP contribution in [0.3, 0.4) is 0 Å². The third-order valence-corrected chi connectivity index (χ3v) is 3.61. The van der Waals surface area contributed by atoms with E-state index in [1.54, 1.807) is 7.11 Å². The van der Waals surface area contributed by atoms with Gasteiger partial charge in [0.1, 0.15) is 0 Å². The van der Waals surface area contributed by atoms with Crippen molar-refractivity contribution >= 4 is 0 Å². The molecule has 0 aromatic carbocycles. The number of rotatable bonds is 6. The highest BCUT2D eigenvalue weighted by Gasteiger charge is 2.21. The zero-order valence-corrected chi connectivity index (χ0v) is 14.2. The van der Waals surface area contributed by atoms with Gasteiger partial charge in [-0.1, -0.05) is 19.9 Å². The first-order chi connectivity index (χ1) is 10.2. The van der Waals surface area contributed by atoms with Crippen LogP contribution in [0.5, 0.6) is 0 Å². The van der Waals surface area contributed by atoms with Gasteiger partial charge in [0.05, 0.1) is 18.9 Å². The van der Waals surface area contributed by atoms with Crippen molar-refractivity contribution in [1.82, 2.24) is 9.88 Å². The molecule has 1 aromatic rings. The average Bonchev–Trinajstić information content (AvgIpc) is 3.01.